The van der Waals surface area contributed by atoms with Crippen LogP contribution < -0.4 is 5.32 Å². The summed E-state index contributed by atoms with van der Waals surface area (Å²) in [6.45, 7) is 4.00. The predicted octanol–water partition coefficient (Wildman–Crippen LogP) is 2.37. The zero-order valence-corrected chi connectivity index (χ0v) is 15.9. The highest BCUT2D eigenvalue weighted by Gasteiger charge is 2.25. The van der Waals surface area contributed by atoms with E-state index in [4.69, 9.17) is 4.42 Å². The minimum absolute atomic E-state index is 0.0953. The van der Waals surface area contributed by atoms with Gasteiger partial charge in [0.15, 0.2) is 5.96 Å². The lowest BCUT2D eigenvalue weighted by Gasteiger charge is -2.25. The van der Waals surface area contributed by atoms with Gasteiger partial charge in [0.05, 0.1) is 13.1 Å². The van der Waals surface area contributed by atoms with Crippen LogP contribution in [0.15, 0.2) is 39.7 Å². The SMILES string of the molecule is CCNC(=NCCN1C(=O)CCCC1=O)N(C)Cc1cc2ccccc2o1. The number of carbonyl (C=O) groups is 2. The largest absolute Gasteiger partial charge is 0.459 e. The number of fused-ring (bicyclic) bond motifs is 1. The fraction of sp³-hybridized carbons (Fsp3) is 0.450. The molecule has 0 unspecified atom stereocenters. The summed E-state index contributed by atoms with van der Waals surface area (Å²) in [5.74, 6) is 1.38. The summed E-state index contributed by atoms with van der Waals surface area (Å²) < 4.78 is 5.87. The van der Waals surface area contributed by atoms with E-state index in [1.165, 1.54) is 4.90 Å². The highest BCUT2D eigenvalue weighted by Crippen LogP contribution is 2.19. The van der Waals surface area contributed by atoms with E-state index in [0.29, 0.717) is 38.9 Å². The molecular weight excluding hydrogens is 344 g/mol. The Morgan fingerprint density at radius 3 is 2.70 bits per heavy atom. The second-order valence-electron chi connectivity index (χ2n) is 6.63. The van der Waals surface area contributed by atoms with Crippen LogP contribution in [-0.4, -0.2) is 54.3 Å². The van der Waals surface area contributed by atoms with Crippen molar-refractivity contribution in [2.24, 2.45) is 4.99 Å². The quantitative estimate of drug-likeness (QED) is 0.480. The monoisotopic (exact) mass is 370 g/mol. The van der Waals surface area contributed by atoms with Crippen LogP contribution in [0.3, 0.4) is 0 Å². The van der Waals surface area contributed by atoms with E-state index in [1.807, 2.05) is 49.2 Å². The number of nitrogens with one attached hydrogen (secondary N) is 1. The van der Waals surface area contributed by atoms with E-state index in [-0.39, 0.29) is 11.8 Å². The summed E-state index contributed by atoms with van der Waals surface area (Å²) in [6, 6.07) is 9.94. The number of hydrogen-bond donors (Lipinski definition) is 1. The predicted molar refractivity (Wildman–Crippen MR) is 104 cm³/mol. The van der Waals surface area contributed by atoms with Crippen molar-refractivity contribution in [2.75, 3.05) is 26.7 Å². The summed E-state index contributed by atoms with van der Waals surface area (Å²) in [5.41, 5.74) is 0.866. The number of amides is 2. The Balaban J connectivity index is 1.63. The number of imide groups is 1. The molecule has 3 rings (SSSR count). The highest BCUT2D eigenvalue weighted by atomic mass is 16.3. The van der Waals surface area contributed by atoms with E-state index in [0.717, 1.165) is 29.2 Å². The van der Waals surface area contributed by atoms with Crippen molar-refractivity contribution in [1.29, 1.82) is 0 Å². The van der Waals surface area contributed by atoms with Gasteiger partial charge in [-0.1, -0.05) is 18.2 Å². The molecule has 1 aromatic heterocycles. The molecule has 0 aliphatic carbocycles. The molecule has 1 N–H and O–H groups in total. The second-order valence-corrected chi connectivity index (χ2v) is 6.63. The fourth-order valence-corrected chi connectivity index (χ4v) is 3.20. The van der Waals surface area contributed by atoms with Gasteiger partial charge in [-0.15, -0.1) is 0 Å². The maximum atomic E-state index is 11.9. The normalized spacial score (nSPS) is 15.5. The lowest BCUT2D eigenvalue weighted by atomic mass is 10.1. The van der Waals surface area contributed by atoms with Crippen LogP contribution in [0.25, 0.3) is 11.0 Å². The third-order valence-corrected chi connectivity index (χ3v) is 4.53. The number of benzene rings is 1. The van der Waals surface area contributed by atoms with Gasteiger partial charge in [-0.2, -0.15) is 0 Å². The van der Waals surface area contributed by atoms with E-state index in [2.05, 4.69) is 10.3 Å². The first kappa shape index (κ1) is 18.9. The molecule has 0 radical (unpaired) electrons. The summed E-state index contributed by atoms with van der Waals surface area (Å²) >= 11 is 0. The molecule has 144 valence electrons. The van der Waals surface area contributed by atoms with Crippen molar-refractivity contribution in [3.8, 4) is 0 Å². The van der Waals surface area contributed by atoms with Gasteiger partial charge in [0.25, 0.3) is 0 Å². The Kier molecular flexibility index (Phi) is 6.11. The molecule has 2 heterocycles. The first-order chi connectivity index (χ1) is 13.1. The summed E-state index contributed by atoms with van der Waals surface area (Å²) in [6.07, 6.45) is 1.54. The van der Waals surface area contributed by atoms with Crippen molar-refractivity contribution in [3.63, 3.8) is 0 Å². The first-order valence-electron chi connectivity index (χ1n) is 9.38. The van der Waals surface area contributed by atoms with Crippen molar-refractivity contribution in [3.05, 3.63) is 36.1 Å². The Hall–Kier alpha value is -2.83. The summed E-state index contributed by atoms with van der Waals surface area (Å²) in [7, 11) is 1.94. The Labute approximate surface area is 159 Å². The van der Waals surface area contributed by atoms with Gasteiger partial charge in [0.2, 0.25) is 11.8 Å². The molecular formula is C20H26N4O3. The molecule has 0 spiro atoms. The minimum atomic E-state index is -0.0953. The molecule has 27 heavy (non-hydrogen) atoms. The fourth-order valence-electron chi connectivity index (χ4n) is 3.20. The number of rotatable bonds is 6. The number of aliphatic imine (C=N–C) groups is 1. The first-order valence-corrected chi connectivity index (χ1v) is 9.38. The average molecular weight is 370 g/mol. The Bertz CT molecular complexity index is 794. The third-order valence-electron chi connectivity index (χ3n) is 4.53. The van der Waals surface area contributed by atoms with Crippen LogP contribution in [0.5, 0.6) is 0 Å². The van der Waals surface area contributed by atoms with E-state index in [9.17, 15) is 9.59 Å². The number of guanidine groups is 1. The van der Waals surface area contributed by atoms with E-state index in [1.54, 1.807) is 0 Å². The van der Waals surface area contributed by atoms with Gasteiger partial charge < -0.3 is 14.6 Å². The van der Waals surface area contributed by atoms with Crippen LogP contribution in [0.4, 0.5) is 0 Å². The molecule has 1 aliphatic rings. The molecule has 2 aromatic rings. The topological polar surface area (TPSA) is 78.2 Å². The van der Waals surface area contributed by atoms with Crippen LogP contribution in [0.2, 0.25) is 0 Å². The number of furan rings is 1. The van der Waals surface area contributed by atoms with E-state index >= 15 is 0 Å². The highest BCUT2D eigenvalue weighted by molar-refractivity contribution is 5.97. The lowest BCUT2D eigenvalue weighted by Crippen LogP contribution is -2.42. The smallest absolute Gasteiger partial charge is 0.229 e. The van der Waals surface area contributed by atoms with Crippen molar-refractivity contribution in [1.82, 2.24) is 15.1 Å². The van der Waals surface area contributed by atoms with Crippen LogP contribution in [-0.2, 0) is 16.1 Å². The summed E-state index contributed by atoms with van der Waals surface area (Å²) in [4.78, 5) is 31.6. The number of hydrogen-bond acceptors (Lipinski definition) is 4. The van der Waals surface area contributed by atoms with Gasteiger partial charge in [-0.25, -0.2) is 0 Å². The maximum Gasteiger partial charge on any atom is 0.229 e. The Morgan fingerprint density at radius 2 is 2.00 bits per heavy atom. The standard InChI is InChI=1S/C20H26N4O3/c1-3-21-20(22-11-12-24-18(25)9-6-10-19(24)26)23(2)14-16-13-15-7-4-5-8-17(15)27-16/h4-5,7-8,13H,3,6,9-12,14H2,1-2H3,(H,21,22). The van der Waals surface area contributed by atoms with Crippen LogP contribution in [0, 0.1) is 0 Å². The molecule has 1 aromatic carbocycles. The molecule has 0 saturated carbocycles. The molecule has 0 atom stereocenters. The molecule has 2 amide bonds. The molecule has 0 bridgehead atoms. The van der Waals surface area contributed by atoms with Crippen LogP contribution >= 0.6 is 0 Å². The number of piperidine rings is 1. The molecule has 7 nitrogen and oxygen atoms in total. The molecule has 7 heteroatoms. The van der Waals surface area contributed by atoms with Gasteiger partial charge in [-0.05, 0) is 25.5 Å². The van der Waals surface area contributed by atoms with Crippen molar-refractivity contribution in [2.45, 2.75) is 32.7 Å². The molecule has 1 fully saturated rings. The number of para-hydroxylation sites is 1. The van der Waals surface area contributed by atoms with E-state index < -0.39 is 0 Å². The third kappa shape index (κ3) is 4.67. The maximum absolute atomic E-state index is 11.9. The van der Waals surface area contributed by atoms with Crippen molar-refractivity contribution >= 4 is 28.7 Å². The van der Waals surface area contributed by atoms with Gasteiger partial charge in [-0.3, -0.25) is 19.5 Å². The van der Waals surface area contributed by atoms with Gasteiger partial charge in [0.1, 0.15) is 11.3 Å². The lowest BCUT2D eigenvalue weighted by molar-refractivity contribution is -0.147. The van der Waals surface area contributed by atoms with Gasteiger partial charge in [0, 0.05) is 38.4 Å². The zero-order valence-electron chi connectivity index (χ0n) is 15.9. The number of carbonyl (C=O) groups excluding carboxylic acids is 2. The molecule has 1 aliphatic heterocycles. The zero-order chi connectivity index (χ0) is 19.2. The molecule has 1 saturated heterocycles. The second kappa shape index (κ2) is 8.70. The summed E-state index contributed by atoms with van der Waals surface area (Å²) in [5, 5.41) is 4.32. The van der Waals surface area contributed by atoms with Crippen molar-refractivity contribution < 1.29 is 14.0 Å². The number of likely N-dealkylation sites (tertiary alicyclic amines) is 1. The van der Waals surface area contributed by atoms with Crippen LogP contribution in [0.1, 0.15) is 31.9 Å². The average Bonchev–Trinajstić information content (AvgIpc) is 3.05. The van der Waals surface area contributed by atoms with Gasteiger partial charge >= 0.3 is 0 Å². The number of nitrogens with zero attached hydrogens (tertiary/aromatic N) is 3. The Morgan fingerprint density at radius 1 is 1.26 bits per heavy atom. The minimum Gasteiger partial charge on any atom is -0.459 e.